The zero-order valence-electron chi connectivity index (χ0n) is 13.5. The first-order valence-electron chi connectivity index (χ1n) is 6.84. The van der Waals surface area contributed by atoms with Gasteiger partial charge >= 0.3 is 0 Å². The van der Waals surface area contributed by atoms with Crippen molar-refractivity contribution >= 4 is 18.5 Å². The largest absolute Gasteiger partial charge is 0.353 e. The van der Waals surface area contributed by atoms with E-state index < -0.39 is 5.54 Å². The molecule has 0 rings (SSSR count). The van der Waals surface area contributed by atoms with Crippen molar-refractivity contribution in [3.8, 4) is 0 Å². The summed E-state index contributed by atoms with van der Waals surface area (Å²) in [5, 5.41) is 9.27. The molecule has 0 fully saturated rings. The number of nitrogens with one attached hydrogen (secondary N) is 3. The molecule has 0 saturated carbocycles. The minimum absolute atomic E-state index is 0.0191. The summed E-state index contributed by atoms with van der Waals surface area (Å²) >= 11 is 4.63. The van der Waals surface area contributed by atoms with Crippen LogP contribution in [0.2, 0.25) is 0 Å². The number of hydrogen-bond donors (Lipinski definition) is 4. The molecule has 0 radical (unpaired) electrons. The number of carbonyl (C=O) groups is 1. The molecule has 19 heavy (non-hydrogen) atoms. The summed E-state index contributed by atoms with van der Waals surface area (Å²) in [6.45, 7) is 14.6. The highest BCUT2D eigenvalue weighted by Crippen LogP contribution is 2.34. The second kappa shape index (κ2) is 6.95. The Bertz CT molecular complexity index is 296. The van der Waals surface area contributed by atoms with Crippen molar-refractivity contribution in [2.24, 2.45) is 5.41 Å². The van der Waals surface area contributed by atoms with Gasteiger partial charge in [-0.2, -0.15) is 12.6 Å². The predicted molar refractivity (Wildman–Crippen MR) is 85.9 cm³/mol. The van der Waals surface area contributed by atoms with Crippen LogP contribution in [0.4, 0.5) is 0 Å². The lowest BCUT2D eigenvalue weighted by atomic mass is 9.80. The van der Waals surface area contributed by atoms with E-state index >= 15 is 0 Å². The number of likely N-dealkylation sites (N-methyl/N-ethyl adjacent to an activating group) is 1. The third-order valence-corrected chi connectivity index (χ3v) is 4.61. The lowest BCUT2D eigenvalue weighted by molar-refractivity contribution is -0.126. The predicted octanol–water partition coefficient (Wildman–Crippen LogP) is 1.42. The first-order chi connectivity index (χ1) is 8.44. The molecule has 0 aliphatic carbocycles. The smallest absolute Gasteiger partial charge is 0.239 e. The third kappa shape index (κ3) is 6.15. The molecule has 0 bridgehead atoms. The summed E-state index contributed by atoms with van der Waals surface area (Å²) in [6, 6.07) is 0. The van der Waals surface area contributed by atoms with Gasteiger partial charge in [0.1, 0.15) is 0 Å². The van der Waals surface area contributed by atoms with Crippen LogP contribution >= 0.6 is 12.6 Å². The van der Waals surface area contributed by atoms with Gasteiger partial charge in [-0.1, -0.05) is 27.7 Å². The first kappa shape index (κ1) is 18.7. The van der Waals surface area contributed by atoms with Gasteiger partial charge in [0.05, 0.1) is 5.54 Å². The van der Waals surface area contributed by atoms with E-state index in [2.05, 4.69) is 56.3 Å². The van der Waals surface area contributed by atoms with Crippen molar-refractivity contribution in [1.82, 2.24) is 16.0 Å². The van der Waals surface area contributed by atoms with Crippen molar-refractivity contribution in [1.29, 1.82) is 0 Å². The van der Waals surface area contributed by atoms with Gasteiger partial charge in [-0.05, 0) is 26.3 Å². The highest BCUT2D eigenvalue weighted by Gasteiger charge is 2.33. The molecule has 0 saturated heterocycles. The van der Waals surface area contributed by atoms with Gasteiger partial charge in [0.25, 0.3) is 0 Å². The Morgan fingerprint density at radius 2 is 1.58 bits per heavy atom. The van der Waals surface area contributed by atoms with Crippen molar-refractivity contribution in [2.45, 2.75) is 51.8 Å². The van der Waals surface area contributed by atoms with Crippen molar-refractivity contribution in [3.05, 3.63) is 0 Å². The Morgan fingerprint density at radius 1 is 1.05 bits per heavy atom. The highest BCUT2D eigenvalue weighted by atomic mass is 32.1. The fourth-order valence-corrected chi connectivity index (χ4v) is 1.30. The summed E-state index contributed by atoms with van der Waals surface area (Å²) in [5.41, 5.74) is -0.434. The van der Waals surface area contributed by atoms with Gasteiger partial charge in [0, 0.05) is 24.4 Å². The summed E-state index contributed by atoms with van der Waals surface area (Å²) in [4.78, 5) is 11.8. The van der Waals surface area contributed by atoms with Crippen LogP contribution in [0.1, 0.15) is 41.5 Å². The van der Waals surface area contributed by atoms with Gasteiger partial charge in [-0.15, -0.1) is 0 Å². The van der Waals surface area contributed by atoms with Gasteiger partial charge in [-0.3, -0.25) is 4.79 Å². The summed E-state index contributed by atoms with van der Waals surface area (Å²) in [6.07, 6.45) is 0. The molecule has 0 aliphatic rings. The van der Waals surface area contributed by atoms with Gasteiger partial charge < -0.3 is 16.0 Å². The molecule has 114 valence electrons. The number of rotatable bonds is 8. The van der Waals surface area contributed by atoms with Crippen LogP contribution in [0.5, 0.6) is 0 Å². The van der Waals surface area contributed by atoms with Crippen molar-refractivity contribution < 1.29 is 4.79 Å². The molecule has 4 nitrogen and oxygen atoms in total. The molecular formula is C14H31N3OS. The molecule has 0 aromatic heterocycles. The van der Waals surface area contributed by atoms with Gasteiger partial charge in [-0.25, -0.2) is 0 Å². The fraction of sp³-hybridized carbons (Fsp3) is 0.929. The maximum Gasteiger partial charge on any atom is 0.239 e. The normalized spacial score (nSPS) is 13.5. The first-order valence-corrected chi connectivity index (χ1v) is 7.29. The monoisotopic (exact) mass is 289 g/mol. The number of amides is 1. The molecule has 5 heteroatoms. The molecule has 0 aromatic carbocycles. The number of thiol groups is 1. The number of carbonyl (C=O) groups excluding carboxylic acids is 1. The molecule has 0 aromatic rings. The summed E-state index contributed by atoms with van der Waals surface area (Å²) < 4.78 is -0.0443. The van der Waals surface area contributed by atoms with E-state index in [1.807, 2.05) is 13.8 Å². The maximum atomic E-state index is 11.8. The zero-order valence-corrected chi connectivity index (χ0v) is 14.4. The van der Waals surface area contributed by atoms with E-state index in [1.165, 1.54) is 0 Å². The molecule has 3 N–H and O–H groups in total. The minimum atomic E-state index is -0.521. The average Bonchev–Trinajstić information content (AvgIpc) is 2.26. The lowest BCUT2D eigenvalue weighted by Gasteiger charge is -2.38. The van der Waals surface area contributed by atoms with Crippen LogP contribution in [0.15, 0.2) is 0 Å². The minimum Gasteiger partial charge on any atom is -0.353 e. The lowest BCUT2D eigenvalue weighted by Crippen LogP contribution is -2.52. The van der Waals surface area contributed by atoms with E-state index in [9.17, 15) is 4.79 Å². The van der Waals surface area contributed by atoms with E-state index in [4.69, 9.17) is 0 Å². The molecule has 0 atom stereocenters. The van der Waals surface area contributed by atoms with E-state index in [0.717, 1.165) is 13.1 Å². The molecular weight excluding hydrogens is 258 g/mol. The van der Waals surface area contributed by atoms with Crippen LogP contribution in [0.25, 0.3) is 0 Å². The Morgan fingerprint density at radius 3 is 2.00 bits per heavy atom. The van der Waals surface area contributed by atoms with Gasteiger partial charge in [0.2, 0.25) is 5.91 Å². The summed E-state index contributed by atoms with van der Waals surface area (Å²) in [7, 11) is 1.79. The van der Waals surface area contributed by atoms with Gasteiger partial charge in [0.15, 0.2) is 0 Å². The number of hydrogen-bond acceptors (Lipinski definition) is 4. The van der Waals surface area contributed by atoms with E-state index in [0.29, 0.717) is 6.54 Å². The Balaban J connectivity index is 3.93. The third-order valence-electron chi connectivity index (χ3n) is 4.00. The standard InChI is InChI=1S/C14H31N3OS/c1-12(2,14(5,6)19)10-16-8-9-17-11(18)13(3,4)15-7/h15-16,19H,8-10H2,1-7H3,(H,17,18). The molecule has 0 heterocycles. The van der Waals surface area contributed by atoms with E-state index in [1.54, 1.807) is 7.05 Å². The van der Waals surface area contributed by atoms with E-state index in [-0.39, 0.29) is 16.1 Å². The quantitative estimate of drug-likeness (QED) is 0.404. The molecule has 1 amide bonds. The Labute approximate surface area is 123 Å². The van der Waals surface area contributed by atoms with Crippen molar-refractivity contribution in [2.75, 3.05) is 26.7 Å². The highest BCUT2D eigenvalue weighted by molar-refractivity contribution is 7.81. The molecule has 0 aliphatic heterocycles. The fourth-order valence-electron chi connectivity index (χ4n) is 1.22. The maximum absolute atomic E-state index is 11.8. The SMILES string of the molecule is CNC(C)(C)C(=O)NCCNCC(C)(C)C(C)(C)S. The van der Waals surface area contributed by atoms with Crippen molar-refractivity contribution in [3.63, 3.8) is 0 Å². The Kier molecular flexibility index (Phi) is 6.86. The topological polar surface area (TPSA) is 53.2 Å². The second-order valence-electron chi connectivity index (χ2n) is 6.75. The van der Waals surface area contributed by atoms with Crippen LogP contribution in [-0.2, 0) is 4.79 Å². The average molecular weight is 289 g/mol. The zero-order chi connectivity index (χ0) is 15.3. The molecule has 0 spiro atoms. The molecule has 0 unspecified atom stereocenters. The van der Waals surface area contributed by atoms with Crippen LogP contribution < -0.4 is 16.0 Å². The van der Waals surface area contributed by atoms with Crippen LogP contribution in [-0.4, -0.2) is 42.9 Å². The Hall–Kier alpha value is -0.260. The summed E-state index contributed by atoms with van der Waals surface area (Å²) in [5.74, 6) is 0.0191. The second-order valence-corrected chi connectivity index (χ2v) is 7.87. The van der Waals surface area contributed by atoms with Crippen LogP contribution in [0.3, 0.4) is 0 Å². The van der Waals surface area contributed by atoms with Crippen LogP contribution in [0, 0.1) is 5.41 Å².